The van der Waals surface area contributed by atoms with Gasteiger partial charge in [-0.3, -0.25) is 10.2 Å². The summed E-state index contributed by atoms with van der Waals surface area (Å²) < 4.78 is 0. The van der Waals surface area contributed by atoms with Crippen LogP contribution in [0.25, 0.3) is 5.70 Å². The first-order chi connectivity index (χ1) is 10.4. The molecule has 2 aliphatic heterocycles. The first kappa shape index (κ1) is 12.2. The summed E-state index contributed by atoms with van der Waals surface area (Å²) in [5, 5.41) is 12.0. The number of aliphatic imine (C=N–C) groups is 1. The molecule has 4 rings (SSSR count). The van der Waals surface area contributed by atoms with Gasteiger partial charge in [-0.05, 0) is 12.1 Å². The number of benzene rings is 2. The van der Waals surface area contributed by atoms with Crippen LogP contribution in [-0.4, -0.2) is 24.5 Å². The molecule has 0 unspecified atom stereocenters. The molecule has 1 N–H and O–H groups in total. The van der Waals surface area contributed by atoms with E-state index in [-0.39, 0.29) is 0 Å². The molecule has 0 saturated carbocycles. The van der Waals surface area contributed by atoms with Gasteiger partial charge in [0, 0.05) is 18.3 Å². The minimum atomic E-state index is 0.769. The highest BCUT2D eigenvalue weighted by Gasteiger charge is 2.30. The van der Waals surface area contributed by atoms with E-state index in [9.17, 15) is 5.21 Å². The summed E-state index contributed by atoms with van der Waals surface area (Å²) in [7, 11) is 0. The van der Waals surface area contributed by atoms with Gasteiger partial charge in [-0.15, -0.1) is 0 Å². The van der Waals surface area contributed by atoms with Crippen LogP contribution >= 0.6 is 0 Å². The predicted molar refractivity (Wildman–Crippen MR) is 84.8 cm³/mol. The van der Waals surface area contributed by atoms with Crippen LogP contribution in [0.2, 0.25) is 0 Å². The van der Waals surface area contributed by atoms with Crippen molar-refractivity contribution in [2.24, 2.45) is 4.99 Å². The number of anilines is 2. The van der Waals surface area contributed by atoms with Crippen LogP contribution in [0.1, 0.15) is 5.56 Å². The fourth-order valence-electron chi connectivity index (χ4n) is 2.90. The third-order valence-corrected chi connectivity index (χ3v) is 3.86. The fraction of sp³-hybridized carbons (Fsp3) is 0.118. The number of fused-ring (bicyclic) bond motifs is 3. The molecule has 0 atom stereocenters. The highest BCUT2D eigenvalue weighted by molar-refractivity contribution is 6.04. The lowest BCUT2D eigenvalue weighted by molar-refractivity contribution is 0.302. The molecule has 2 aromatic carbocycles. The molecule has 4 nitrogen and oxygen atoms in total. The Hall–Kier alpha value is -2.59. The number of hydrogen-bond acceptors (Lipinski definition) is 4. The number of hydrogen-bond donors (Lipinski definition) is 1. The highest BCUT2D eigenvalue weighted by Crippen LogP contribution is 2.41. The Kier molecular flexibility index (Phi) is 2.75. The van der Waals surface area contributed by atoms with Crippen molar-refractivity contribution in [1.29, 1.82) is 0 Å². The minimum Gasteiger partial charge on any atom is -0.335 e. The molecular weight excluding hydrogens is 262 g/mol. The van der Waals surface area contributed by atoms with Gasteiger partial charge in [-0.2, -0.15) is 0 Å². The number of nitrogens with zero attached hydrogens (tertiary/aromatic N) is 3. The van der Waals surface area contributed by atoms with Gasteiger partial charge in [-0.1, -0.05) is 42.5 Å². The van der Waals surface area contributed by atoms with Crippen molar-refractivity contribution in [2.45, 2.75) is 0 Å². The van der Waals surface area contributed by atoms with Gasteiger partial charge in [0.05, 0.1) is 23.6 Å². The quantitative estimate of drug-likeness (QED) is 0.870. The molecule has 0 fully saturated rings. The molecule has 0 aromatic heterocycles. The van der Waals surface area contributed by atoms with Gasteiger partial charge in [-0.25, -0.2) is 5.06 Å². The van der Waals surface area contributed by atoms with Crippen molar-refractivity contribution in [3.63, 3.8) is 0 Å². The summed E-state index contributed by atoms with van der Waals surface area (Å²) in [6, 6.07) is 17.8. The number of allylic oxidation sites excluding steroid dienone is 1. The topological polar surface area (TPSA) is 39.1 Å². The van der Waals surface area contributed by atoms with Gasteiger partial charge >= 0.3 is 0 Å². The van der Waals surface area contributed by atoms with Gasteiger partial charge in [0.1, 0.15) is 5.70 Å². The summed E-state index contributed by atoms with van der Waals surface area (Å²) in [6.07, 6.45) is 1.85. The Morgan fingerprint density at radius 1 is 0.905 bits per heavy atom. The molecule has 2 heterocycles. The van der Waals surface area contributed by atoms with Crippen LogP contribution in [-0.2, 0) is 0 Å². The van der Waals surface area contributed by atoms with Crippen molar-refractivity contribution < 1.29 is 5.21 Å². The standard InChI is InChI=1S/C17H15N3O/c21-20-15-9-5-4-8-14(15)19-11-10-18-12-16(19)17(20)13-6-2-1-3-7-13/h1-9,12,21H,10-11H2. The molecule has 4 heteroatoms. The van der Waals surface area contributed by atoms with E-state index in [0.29, 0.717) is 0 Å². The smallest absolute Gasteiger partial charge is 0.102 e. The first-order valence-corrected chi connectivity index (χ1v) is 7.01. The van der Waals surface area contributed by atoms with Gasteiger partial charge in [0.2, 0.25) is 0 Å². The Bertz CT molecular complexity index is 737. The number of para-hydroxylation sites is 2. The zero-order chi connectivity index (χ0) is 14.2. The van der Waals surface area contributed by atoms with Crippen LogP contribution in [0, 0.1) is 0 Å². The Balaban J connectivity index is 1.97. The van der Waals surface area contributed by atoms with Gasteiger partial charge < -0.3 is 4.90 Å². The molecule has 2 aromatic rings. The molecular formula is C17H15N3O. The van der Waals surface area contributed by atoms with Crippen LogP contribution < -0.4 is 9.96 Å². The van der Waals surface area contributed by atoms with Crippen LogP contribution in [0.4, 0.5) is 11.4 Å². The average molecular weight is 277 g/mol. The van der Waals surface area contributed by atoms with Crippen molar-refractivity contribution in [1.82, 2.24) is 0 Å². The van der Waals surface area contributed by atoms with E-state index in [1.807, 2.05) is 60.8 Å². The summed E-state index contributed by atoms with van der Waals surface area (Å²) in [5.74, 6) is 0. The SMILES string of the molecule is ON1C(c2ccccc2)=C2C=NCCN2c2ccccc21. The Morgan fingerprint density at radius 3 is 2.43 bits per heavy atom. The predicted octanol–water partition coefficient (Wildman–Crippen LogP) is 3.16. The maximum atomic E-state index is 10.7. The third-order valence-electron chi connectivity index (χ3n) is 3.86. The highest BCUT2D eigenvalue weighted by atomic mass is 16.5. The zero-order valence-electron chi connectivity index (χ0n) is 11.5. The molecule has 21 heavy (non-hydrogen) atoms. The second-order valence-electron chi connectivity index (χ2n) is 5.09. The maximum absolute atomic E-state index is 10.7. The van der Waals surface area contributed by atoms with E-state index < -0.39 is 0 Å². The van der Waals surface area contributed by atoms with Gasteiger partial charge in [0.25, 0.3) is 0 Å². The average Bonchev–Trinajstić information content (AvgIpc) is 2.56. The van der Waals surface area contributed by atoms with Crippen LogP contribution in [0.15, 0.2) is 65.3 Å². The number of rotatable bonds is 1. The zero-order valence-corrected chi connectivity index (χ0v) is 11.5. The molecule has 2 aliphatic rings. The largest absolute Gasteiger partial charge is 0.335 e. The van der Waals surface area contributed by atoms with E-state index >= 15 is 0 Å². The van der Waals surface area contributed by atoms with Crippen LogP contribution in [0.5, 0.6) is 0 Å². The van der Waals surface area contributed by atoms with Crippen molar-refractivity contribution in [2.75, 3.05) is 23.1 Å². The van der Waals surface area contributed by atoms with Crippen molar-refractivity contribution in [3.8, 4) is 0 Å². The molecule has 0 bridgehead atoms. The van der Waals surface area contributed by atoms with Crippen molar-refractivity contribution >= 4 is 23.3 Å². The molecule has 104 valence electrons. The Labute approximate surface area is 123 Å². The second-order valence-corrected chi connectivity index (χ2v) is 5.09. The third kappa shape index (κ3) is 1.84. The summed E-state index contributed by atoms with van der Waals surface area (Å²) >= 11 is 0. The monoisotopic (exact) mass is 277 g/mol. The van der Waals surface area contributed by atoms with Gasteiger partial charge in [0.15, 0.2) is 0 Å². The lowest BCUT2D eigenvalue weighted by Crippen LogP contribution is -2.38. The lowest BCUT2D eigenvalue weighted by Gasteiger charge is -2.39. The molecule has 0 amide bonds. The summed E-state index contributed by atoms with van der Waals surface area (Å²) in [4.78, 5) is 6.60. The summed E-state index contributed by atoms with van der Waals surface area (Å²) in [5.41, 5.74) is 4.51. The molecule has 0 saturated heterocycles. The number of hydroxylamine groups is 1. The van der Waals surface area contributed by atoms with E-state index in [1.165, 1.54) is 5.06 Å². The van der Waals surface area contributed by atoms with Crippen LogP contribution in [0.3, 0.4) is 0 Å². The van der Waals surface area contributed by atoms with Crippen molar-refractivity contribution in [3.05, 3.63) is 65.9 Å². The normalized spacial score (nSPS) is 16.8. The Morgan fingerprint density at radius 2 is 1.62 bits per heavy atom. The van der Waals surface area contributed by atoms with E-state index in [1.54, 1.807) is 0 Å². The van der Waals surface area contributed by atoms with E-state index in [4.69, 9.17) is 0 Å². The molecule has 0 aliphatic carbocycles. The minimum absolute atomic E-state index is 0.769. The molecule has 0 radical (unpaired) electrons. The van der Waals surface area contributed by atoms with E-state index in [2.05, 4.69) is 9.89 Å². The maximum Gasteiger partial charge on any atom is 0.102 e. The second kappa shape index (κ2) is 4.75. The molecule has 0 spiro atoms. The fourth-order valence-corrected chi connectivity index (χ4v) is 2.90. The lowest BCUT2D eigenvalue weighted by atomic mass is 10.0. The van der Waals surface area contributed by atoms with E-state index in [0.717, 1.165) is 41.4 Å². The summed E-state index contributed by atoms with van der Waals surface area (Å²) in [6.45, 7) is 1.60. The first-order valence-electron chi connectivity index (χ1n) is 7.01.